The third-order valence-electron chi connectivity index (χ3n) is 1.07. The van der Waals surface area contributed by atoms with Crippen molar-refractivity contribution in [2.45, 2.75) is 19.6 Å². The molecule has 0 aromatic rings. The van der Waals surface area contributed by atoms with Crippen LogP contribution in [0.1, 0.15) is 13.3 Å². The summed E-state index contributed by atoms with van der Waals surface area (Å²) < 4.78 is 4.53. The standard InChI is InChI=1S/C7H12O5/c1-5(2)7(9)11-6(12-10)3-4-8/h6,8,10H,1,3-4H2,2H3. The van der Waals surface area contributed by atoms with E-state index in [2.05, 4.69) is 16.2 Å². The fraction of sp³-hybridized carbons (Fsp3) is 0.571. The molecule has 0 radical (unpaired) electrons. The smallest absolute Gasteiger partial charge is 0.335 e. The molecule has 0 amide bonds. The van der Waals surface area contributed by atoms with Crippen LogP contribution in [0.15, 0.2) is 12.2 Å². The van der Waals surface area contributed by atoms with Gasteiger partial charge in [-0.25, -0.2) is 10.1 Å². The van der Waals surface area contributed by atoms with E-state index in [0.29, 0.717) is 0 Å². The first-order valence-electron chi connectivity index (χ1n) is 3.39. The van der Waals surface area contributed by atoms with E-state index in [4.69, 9.17) is 10.4 Å². The van der Waals surface area contributed by atoms with Crippen LogP contribution >= 0.6 is 0 Å². The van der Waals surface area contributed by atoms with Crippen molar-refractivity contribution in [1.29, 1.82) is 0 Å². The van der Waals surface area contributed by atoms with Gasteiger partial charge in [0.1, 0.15) is 0 Å². The van der Waals surface area contributed by atoms with Gasteiger partial charge in [-0.15, -0.1) is 0 Å². The molecule has 1 atom stereocenters. The summed E-state index contributed by atoms with van der Waals surface area (Å²) in [5.74, 6) is -0.664. The van der Waals surface area contributed by atoms with Crippen molar-refractivity contribution in [3.63, 3.8) is 0 Å². The lowest BCUT2D eigenvalue weighted by Gasteiger charge is -2.12. The average Bonchev–Trinajstić information content (AvgIpc) is 2.03. The summed E-state index contributed by atoms with van der Waals surface area (Å²) in [6.45, 7) is 4.55. The Kier molecular flexibility index (Phi) is 5.27. The Bertz CT molecular complexity index is 165. The number of hydrogen-bond acceptors (Lipinski definition) is 5. The molecule has 0 saturated heterocycles. The molecule has 0 rings (SSSR count). The minimum absolute atomic E-state index is 0.0233. The van der Waals surface area contributed by atoms with Gasteiger partial charge in [-0.1, -0.05) is 6.58 Å². The number of rotatable bonds is 5. The van der Waals surface area contributed by atoms with Crippen LogP contribution in [-0.4, -0.2) is 29.2 Å². The van der Waals surface area contributed by atoms with E-state index in [-0.39, 0.29) is 18.6 Å². The van der Waals surface area contributed by atoms with Crippen LogP contribution in [0.3, 0.4) is 0 Å². The zero-order valence-electron chi connectivity index (χ0n) is 6.82. The second-order valence-electron chi connectivity index (χ2n) is 2.23. The Hall–Kier alpha value is -0.910. The molecule has 0 fully saturated rings. The first-order chi connectivity index (χ1) is 5.61. The summed E-state index contributed by atoms with van der Waals surface area (Å²) in [5.41, 5.74) is 0.204. The third-order valence-corrected chi connectivity index (χ3v) is 1.07. The molecule has 0 aliphatic carbocycles. The lowest BCUT2D eigenvalue weighted by atomic mass is 10.3. The third kappa shape index (κ3) is 4.07. The normalized spacial score (nSPS) is 12.2. The molecule has 0 aromatic carbocycles. The fourth-order valence-electron chi connectivity index (χ4n) is 0.459. The molecular weight excluding hydrogens is 164 g/mol. The van der Waals surface area contributed by atoms with Crippen molar-refractivity contribution in [3.05, 3.63) is 12.2 Å². The first kappa shape index (κ1) is 11.1. The second-order valence-corrected chi connectivity index (χ2v) is 2.23. The summed E-state index contributed by atoms with van der Waals surface area (Å²) in [6.07, 6.45) is -1.10. The lowest BCUT2D eigenvalue weighted by Crippen LogP contribution is -2.21. The van der Waals surface area contributed by atoms with Gasteiger partial charge >= 0.3 is 5.97 Å². The zero-order valence-corrected chi connectivity index (χ0v) is 6.82. The maximum Gasteiger partial charge on any atom is 0.335 e. The highest BCUT2D eigenvalue weighted by Gasteiger charge is 2.14. The molecule has 0 aliphatic rings. The van der Waals surface area contributed by atoms with Crippen LogP contribution in [0, 0.1) is 0 Å². The van der Waals surface area contributed by atoms with Crippen LogP contribution in [0.25, 0.3) is 0 Å². The molecule has 0 heterocycles. The second kappa shape index (κ2) is 5.70. The Morgan fingerprint density at radius 1 is 1.67 bits per heavy atom. The van der Waals surface area contributed by atoms with Gasteiger partial charge in [0.25, 0.3) is 0 Å². The van der Waals surface area contributed by atoms with E-state index in [0.717, 1.165) is 0 Å². The maximum atomic E-state index is 10.8. The van der Waals surface area contributed by atoms with Gasteiger partial charge in [0.2, 0.25) is 6.29 Å². The lowest BCUT2D eigenvalue weighted by molar-refractivity contribution is -0.338. The predicted molar refractivity (Wildman–Crippen MR) is 40.1 cm³/mol. The number of ether oxygens (including phenoxy) is 1. The number of aliphatic hydroxyl groups is 1. The Balaban J connectivity index is 3.85. The molecule has 2 N–H and O–H groups in total. The largest absolute Gasteiger partial charge is 0.429 e. The van der Waals surface area contributed by atoms with Crippen molar-refractivity contribution in [2.75, 3.05) is 6.61 Å². The zero-order chi connectivity index (χ0) is 9.56. The Labute approximate surface area is 70.1 Å². The molecule has 5 nitrogen and oxygen atoms in total. The maximum absolute atomic E-state index is 10.8. The Morgan fingerprint density at radius 3 is 2.58 bits per heavy atom. The highest BCUT2D eigenvalue weighted by molar-refractivity contribution is 5.86. The Morgan fingerprint density at radius 2 is 2.25 bits per heavy atom. The molecule has 70 valence electrons. The minimum atomic E-state index is -1.13. The van der Waals surface area contributed by atoms with Crippen LogP contribution in [0.2, 0.25) is 0 Å². The van der Waals surface area contributed by atoms with Crippen LogP contribution in [0.4, 0.5) is 0 Å². The van der Waals surface area contributed by atoms with Gasteiger partial charge in [-0.05, 0) is 6.92 Å². The predicted octanol–water partition coefficient (Wildman–Crippen LogP) is 0.304. The van der Waals surface area contributed by atoms with Crippen molar-refractivity contribution >= 4 is 5.97 Å². The fourth-order valence-corrected chi connectivity index (χ4v) is 0.459. The molecule has 5 heteroatoms. The first-order valence-corrected chi connectivity index (χ1v) is 3.39. The van der Waals surface area contributed by atoms with Crippen molar-refractivity contribution in [1.82, 2.24) is 0 Å². The van der Waals surface area contributed by atoms with E-state index in [1.54, 1.807) is 0 Å². The van der Waals surface area contributed by atoms with Gasteiger partial charge in [-0.3, -0.25) is 0 Å². The van der Waals surface area contributed by atoms with Crippen molar-refractivity contribution in [2.24, 2.45) is 0 Å². The van der Waals surface area contributed by atoms with Crippen LogP contribution < -0.4 is 0 Å². The topological polar surface area (TPSA) is 76.0 Å². The molecule has 0 saturated carbocycles. The molecule has 0 aromatic heterocycles. The summed E-state index contributed by atoms with van der Waals surface area (Å²) in [7, 11) is 0. The molecule has 0 aliphatic heterocycles. The quantitative estimate of drug-likeness (QED) is 0.207. The summed E-state index contributed by atoms with van der Waals surface area (Å²) in [6, 6.07) is 0. The molecule has 0 spiro atoms. The molecule has 12 heavy (non-hydrogen) atoms. The number of aliphatic hydroxyl groups excluding tert-OH is 1. The van der Waals surface area contributed by atoms with Gasteiger partial charge in [0.15, 0.2) is 0 Å². The van der Waals surface area contributed by atoms with E-state index in [9.17, 15) is 4.79 Å². The summed E-state index contributed by atoms with van der Waals surface area (Å²) in [5, 5.41) is 16.6. The van der Waals surface area contributed by atoms with Gasteiger partial charge < -0.3 is 9.84 Å². The number of carbonyl (C=O) groups is 1. The number of carbonyl (C=O) groups excluding carboxylic acids is 1. The highest BCUT2D eigenvalue weighted by atomic mass is 17.1. The number of hydrogen-bond donors (Lipinski definition) is 2. The monoisotopic (exact) mass is 176 g/mol. The molecule has 1 unspecified atom stereocenters. The van der Waals surface area contributed by atoms with Crippen molar-refractivity contribution < 1.29 is 24.8 Å². The van der Waals surface area contributed by atoms with E-state index >= 15 is 0 Å². The van der Waals surface area contributed by atoms with E-state index < -0.39 is 12.3 Å². The van der Waals surface area contributed by atoms with Crippen LogP contribution in [0.5, 0.6) is 0 Å². The molecular formula is C7H12O5. The summed E-state index contributed by atoms with van der Waals surface area (Å²) >= 11 is 0. The summed E-state index contributed by atoms with van der Waals surface area (Å²) in [4.78, 5) is 14.6. The van der Waals surface area contributed by atoms with Gasteiger partial charge in [-0.2, -0.15) is 4.89 Å². The number of esters is 1. The average molecular weight is 176 g/mol. The van der Waals surface area contributed by atoms with E-state index in [1.165, 1.54) is 6.92 Å². The highest BCUT2D eigenvalue weighted by Crippen LogP contribution is 2.02. The molecule has 0 bridgehead atoms. The van der Waals surface area contributed by atoms with E-state index in [1.807, 2.05) is 0 Å². The SMILES string of the molecule is C=C(C)C(=O)OC(CCO)OO. The van der Waals surface area contributed by atoms with Crippen molar-refractivity contribution in [3.8, 4) is 0 Å². The van der Waals surface area contributed by atoms with Gasteiger partial charge in [0.05, 0.1) is 0 Å². The van der Waals surface area contributed by atoms with Crippen LogP contribution in [-0.2, 0) is 14.4 Å². The van der Waals surface area contributed by atoms with Gasteiger partial charge in [0, 0.05) is 18.6 Å². The minimum Gasteiger partial charge on any atom is -0.429 e.